The monoisotopic (exact) mass is 336 g/mol. The van der Waals surface area contributed by atoms with Crippen molar-refractivity contribution < 1.29 is 24.2 Å². The highest BCUT2D eigenvalue weighted by atomic mass is 19.1. The van der Waals surface area contributed by atoms with E-state index in [9.17, 15) is 14.0 Å². The predicted molar refractivity (Wildman–Crippen MR) is 89.3 cm³/mol. The second-order valence-electron chi connectivity index (χ2n) is 5.29. The first-order chi connectivity index (χ1) is 11.2. The maximum atomic E-state index is 13.1. The number of nitrogens with zero attached hydrogens (tertiary/aromatic N) is 1. The summed E-state index contributed by atoms with van der Waals surface area (Å²) >= 11 is 0. The number of hydrogen-bond donors (Lipinski definition) is 3. The van der Waals surface area contributed by atoms with E-state index in [1.807, 2.05) is 19.1 Å². The minimum atomic E-state index is -1.26. The van der Waals surface area contributed by atoms with Gasteiger partial charge in [0.25, 0.3) is 0 Å². The summed E-state index contributed by atoms with van der Waals surface area (Å²) in [5.41, 5.74) is 8.10. The standard InChI is InChI=1S/C13H17FN2.C4H4O4/c1-3-12-7-10-6-11(14)4-5-13(10)16(12)8-9(2)15;5-3(6)1-2-4(7)8/h4-7,9H,3,8,15H2,1-2H3;1-2H,(H,5,6)(H,7,8)/t9-;/m0./s1. The number of carbonyl (C=O) groups is 2. The summed E-state index contributed by atoms with van der Waals surface area (Å²) in [5.74, 6) is -2.70. The van der Waals surface area contributed by atoms with Crippen LogP contribution in [0.4, 0.5) is 4.39 Å². The molecule has 0 unspecified atom stereocenters. The van der Waals surface area contributed by atoms with Gasteiger partial charge in [0.05, 0.1) is 0 Å². The molecule has 0 amide bonds. The van der Waals surface area contributed by atoms with Crippen molar-refractivity contribution in [2.24, 2.45) is 5.73 Å². The second kappa shape index (κ2) is 8.83. The van der Waals surface area contributed by atoms with Gasteiger partial charge in [-0.05, 0) is 37.6 Å². The lowest BCUT2D eigenvalue weighted by atomic mass is 10.2. The van der Waals surface area contributed by atoms with E-state index in [-0.39, 0.29) is 11.9 Å². The molecule has 1 aromatic heterocycles. The largest absolute Gasteiger partial charge is 0.478 e. The van der Waals surface area contributed by atoms with Gasteiger partial charge >= 0.3 is 11.9 Å². The van der Waals surface area contributed by atoms with Crippen LogP contribution in [-0.4, -0.2) is 32.8 Å². The number of hydrogen-bond acceptors (Lipinski definition) is 3. The highest BCUT2D eigenvalue weighted by Gasteiger charge is 2.09. The molecule has 2 aromatic rings. The van der Waals surface area contributed by atoms with E-state index in [4.69, 9.17) is 15.9 Å². The number of benzene rings is 1. The van der Waals surface area contributed by atoms with Crippen LogP contribution >= 0.6 is 0 Å². The summed E-state index contributed by atoms with van der Waals surface area (Å²) in [5, 5.41) is 16.6. The van der Waals surface area contributed by atoms with E-state index in [2.05, 4.69) is 11.5 Å². The van der Waals surface area contributed by atoms with Gasteiger partial charge in [-0.25, -0.2) is 14.0 Å². The molecule has 1 aromatic carbocycles. The van der Waals surface area contributed by atoms with E-state index in [1.165, 1.54) is 11.8 Å². The molecule has 0 saturated carbocycles. The molecular weight excluding hydrogens is 315 g/mol. The molecule has 24 heavy (non-hydrogen) atoms. The van der Waals surface area contributed by atoms with Crippen molar-refractivity contribution in [3.63, 3.8) is 0 Å². The van der Waals surface area contributed by atoms with Crippen molar-refractivity contribution in [3.8, 4) is 0 Å². The molecule has 2 rings (SSSR count). The van der Waals surface area contributed by atoms with Crippen molar-refractivity contribution >= 4 is 22.8 Å². The van der Waals surface area contributed by atoms with Gasteiger partial charge in [-0.15, -0.1) is 0 Å². The normalized spacial score (nSPS) is 12.0. The lowest BCUT2D eigenvalue weighted by Crippen LogP contribution is -2.22. The number of halogens is 1. The topological polar surface area (TPSA) is 106 Å². The van der Waals surface area contributed by atoms with Gasteiger partial charge in [-0.1, -0.05) is 6.92 Å². The molecule has 4 N–H and O–H groups in total. The molecule has 1 atom stereocenters. The van der Waals surface area contributed by atoms with Crippen molar-refractivity contribution in [2.75, 3.05) is 0 Å². The Labute approximate surface area is 139 Å². The van der Waals surface area contributed by atoms with Crippen LogP contribution in [0.3, 0.4) is 0 Å². The number of carboxylic acid groups (broad SMARTS) is 2. The van der Waals surface area contributed by atoms with Crippen LogP contribution in [0.15, 0.2) is 36.4 Å². The SMILES string of the molecule is CCc1cc2cc(F)ccc2n1C[C@H](C)N.O=C(O)C=CC(=O)O. The van der Waals surface area contributed by atoms with Crippen LogP contribution in [0.5, 0.6) is 0 Å². The number of nitrogens with two attached hydrogens (primary N) is 1. The first-order valence-electron chi connectivity index (χ1n) is 7.41. The summed E-state index contributed by atoms with van der Waals surface area (Å²) in [4.78, 5) is 19.1. The maximum absolute atomic E-state index is 13.1. The van der Waals surface area contributed by atoms with E-state index in [0.717, 1.165) is 23.9 Å². The van der Waals surface area contributed by atoms with Crippen molar-refractivity contribution in [1.82, 2.24) is 4.57 Å². The zero-order chi connectivity index (χ0) is 18.3. The van der Waals surface area contributed by atoms with Gasteiger partial charge in [-0.2, -0.15) is 0 Å². The fraction of sp³-hybridized carbons (Fsp3) is 0.294. The van der Waals surface area contributed by atoms with Crippen LogP contribution in [0.2, 0.25) is 0 Å². The predicted octanol–water partition coefficient (Wildman–Crippen LogP) is 2.40. The molecule has 130 valence electrons. The minimum Gasteiger partial charge on any atom is -0.478 e. The Balaban J connectivity index is 0.000000307. The summed E-state index contributed by atoms with van der Waals surface area (Å²) in [7, 11) is 0. The number of aliphatic carboxylic acids is 2. The molecule has 7 heteroatoms. The Hall–Kier alpha value is -2.67. The summed E-state index contributed by atoms with van der Waals surface area (Å²) in [6.07, 6.45) is 2.05. The highest BCUT2D eigenvalue weighted by molar-refractivity contribution is 5.89. The summed E-state index contributed by atoms with van der Waals surface area (Å²) < 4.78 is 15.3. The molecule has 1 heterocycles. The van der Waals surface area contributed by atoms with Crippen LogP contribution < -0.4 is 5.73 Å². The smallest absolute Gasteiger partial charge is 0.328 e. The summed E-state index contributed by atoms with van der Waals surface area (Å²) in [6.45, 7) is 4.86. The quantitative estimate of drug-likeness (QED) is 0.727. The molecule has 0 aliphatic heterocycles. The van der Waals surface area contributed by atoms with Crippen molar-refractivity contribution in [3.05, 3.63) is 47.9 Å². The van der Waals surface area contributed by atoms with Crippen LogP contribution in [0.25, 0.3) is 10.9 Å². The van der Waals surface area contributed by atoms with Gasteiger partial charge in [0.2, 0.25) is 0 Å². The Morgan fingerprint density at radius 2 is 1.83 bits per heavy atom. The Morgan fingerprint density at radius 1 is 1.25 bits per heavy atom. The molecule has 0 aliphatic carbocycles. The molecule has 6 nitrogen and oxygen atoms in total. The molecule has 0 spiro atoms. The van der Waals surface area contributed by atoms with Gasteiger partial charge in [-0.3, -0.25) is 0 Å². The third-order valence-corrected chi connectivity index (χ3v) is 3.15. The molecule has 0 aliphatic rings. The van der Waals surface area contributed by atoms with Crippen molar-refractivity contribution in [2.45, 2.75) is 32.9 Å². The second-order valence-corrected chi connectivity index (χ2v) is 5.29. The fourth-order valence-electron chi connectivity index (χ4n) is 2.24. The Bertz CT molecular complexity index is 734. The first-order valence-corrected chi connectivity index (χ1v) is 7.41. The number of aromatic nitrogens is 1. The lowest BCUT2D eigenvalue weighted by Gasteiger charge is -2.12. The average molecular weight is 336 g/mol. The average Bonchev–Trinajstić information content (AvgIpc) is 2.82. The van der Waals surface area contributed by atoms with E-state index < -0.39 is 11.9 Å². The van der Waals surface area contributed by atoms with E-state index in [0.29, 0.717) is 12.2 Å². The zero-order valence-corrected chi connectivity index (χ0v) is 13.6. The number of rotatable bonds is 5. The van der Waals surface area contributed by atoms with E-state index in [1.54, 1.807) is 6.07 Å². The molecule has 0 saturated heterocycles. The third-order valence-electron chi connectivity index (χ3n) is 3.15. The zero-order valence-electron chi connectivity index (χ0n) is 13.6. The lowest BCUT2D eigenvalue weighted by molar-refractivity contribution is -0.134. The molecular formula is C17H21FN2O4. The number of carboxylic acids is 2. The Kier molecular flexibility index (Phi) is 7.13. The first kappa shape index (κ1) is 19.4. The van der Waals surface area contributed by atoms with Gasteiger partial charge in [0.15, 0.2) is 0 Å². The number of aryl methyl sites for hydroxylation is 1. The molecule has 0 bridgehead atoms. The van der Waals surface area contributed by atoms with Crippen LogP contribution in [0.1, 0.15) is 19.5 Å². The van der Waals surface area contributed by atoms with Crippen LogP contribution in [0, 0.1) is 5.82 Å². The van der Waals surface area contributed by atoms with Crippen molar-refractivity contribution in [1.29, 1.82) is 0 Å². The third kappa shape index (κ3) is 5.85. The maximum Gasteiger partial charge on any atom is 0.328 e. The number of fused-ring (bicyclic) bond motifs is 1. The molecule has 0 radical (unpaired) electrons. The van der Waals surface area contributed by atoms with E-state index >= 15 is 0 Å². The minimum absolute atomic E-state index is 0.103. The fourth-order valence-corrected chi connectivity index (χ4v) is 2.24. The Morgan fingerprint density at radius 3 is 2.29 bits per heavy atom. The van der Waals surface area contributed by atoms with Crippen LogP contribution in [-0.2, 0) is 22.6 Å². The van der Waals surface area contributed by atoms with Gasteiger partial charge in [0.1, 0.15) is 5.82 Å². The highest BCUT2D eigenvalue weighted by Crippen LogP contribution is 2.21. The summed E-state index contributed by atoms with van der Waals surface area (Å²) in [6, 6.07) is 7.05. The van der Waals surface area contributed by atoms with Gasteiger partial charge < -0.3 is 20.5 Å². The molecule has 0 fully saturated rings. The van der Waals surface area contributed by atoms with Gasteiger partial charge in [0, 0.05) is 41.3 Å².